The molecule has 5 atom stereocenters. The van der Waals surface area contributed by atoms with Crippen molar-refractivity contribution >= 4 is 38.4 Å². The number of hydrogen-bond acceptors (Lipinski definition) is 8. The van der Waals surface area contributed by atoms with E-state index in [0.717, 1.165) is 24.8 Å². The zero-order chi connectivity index (χ0) is 39.8. The Balaban J connectivity index is 1.70. The molecule has 0 saturated carbocycles. The Hall–Kier alpha value is -6.15. The molecule has 2 N–H and O–H groups in total. The highest BCUT2D eigenvalue weighted by molar-refractivity contribution is 8.07. The minimum absolute atomic E-state index is 0.0688. The van der Waals surface area contributed by atoms with Crippen LogP contribution in [0.4, 0.5) is 4.79 Å². The highest BCUT2D eigenvalue weighted by Gasteiger charge is 2.45. The average molecular weight is 768 g/mol. The molecule has 2 rings (SSSR count). The Labute approximate surface area is 330 Å². The Kier molecular flexibility index (Phi) is 23.2. The highest BCUT2D eigenvalue weighted by atomic mass is 32.5. The van der Waals surface area contributed by atoms with Gasteiger partial charge in [-0.15, -0.1) is 0 Å². The van der Waals surface area contributed by atoms with E-state index in [1.807, 2.05) is 50.3 Å². The molecule has 1 aromatic carbocycles. The standard InChI is InChI=1S/C43H35BNO8PS/c1-3-4-5-6-7-8-9-10-11-12-13-14-15-16-17-18-19-22-28-33-40(46)45-34-29-23-20-21-27-32-38-41(53-54(48,55)49-2)39(52-42(38)44)36-51-43(47)50-35-37-30-25-24-26-31-37/h21,24-27,30-31,38-39,41-42H,20,23,29,32,34-36,44H2,1-2H3,(H,45,46)(H,48,55)/b27-21+/t38-,39+,41?,42+,54?/m0/s1. The highest BCUT2D eigenvalue weighted by Crippen LogP contribution is 2.48. The number of nitrogens with one attached hydrogen (secondary N) is 1. The lowest BCUT2D eigenvalue weighted by atomic mass is 9.82. The smallest absolute Gasteiger partial charge is 0.431 e. The molecule has 12 heteroatoms. The van der Waals surface area contributed by atoms with Crippen molar-refractivity contribution in [2.24, 2.45) is 5.92 Å². The summed E-state index contributed by atoms with van der Waals surface area (Å²) in [5, 5.41) is 2.72. The first-order chi connectivity index (χ1) is 26.8. The molecular formula is C43H35BNO8PS. The molecule has 274 valence electrons. The van der Waals surface area contributed by atoms with Crippen LogP contribution in [-0.4, -0.2) is 63.3 Å². The van der Waals surface area contributed by atoms with Crippen molar-refractivity contribution in [3.8, 4) is 118 Å². The molecule has 1 aliphatic heterocycles. The van der Waals surface area contributed by atoms with Crippen LogP contribution in [0.5, 0.6) is 0 Å². The van der Waals surface area contributed by atoms with Gasteiger partial charge in [0.15, 0.2) is 0 Å². The summed E-state index contributed by atoms with van der Waals surface area (Å²) in [6, 6.07) is 8.94. The van der Waals surface area contributed by atoms with Crippen molar-refractivity contribution in [3.05, 3.63) is 48.0 Å². The van der Waals surface area contributed by atoms with Gasteiger partial charge in [-0.05, 0) is 145 Å². The Morgan fingerprint density at radius 3 is 1.98 bits per heavy atom. The summed E-state index contributed by atoms with van der Waals surface area (Å²) in [6.45, 7) is -1.47. The van der Waals surface area contributed by atoms with Crippen LogP contribution in [0.25, 0.3) is 0 Å². The number of amides is 1. The molecule has 1 saturated heterocycles. The van der Waals surface area contributed by atoms with Crippen LogP contribution in [0.1, 0.15) is 38.2 Å². The van der Waals surface area contributed by atoms with Crippen LogP contribution < -0.4 is 5.32 Å². The SMILES string of the molecule is B[C@@H]1O[C@H](COC(=O)OCc2ccccc2)C(OP(O)(=S)OC)[C@@H]1C/C=C/CCCCNC(=O)C#CC#CC#CC#CC#CC#CC#CC#CC#CC#CC. The first kappa shape index (κ1) is 45.0. The minimum atomic E-state index is -3.54. The molecule has 0 aromatic heterocycles. The van der Waals surface area contributed by atoms with Crippen LogP contribution in [0.15, 0.2) is 42.5 Å². The molecule has 9 nitrogen and oxygen atoms in total. The fraction of sp³-hybridized carbons (Fsp3) is 0.302. The number of allylic oxidation sites excluding steroid dienone is 2. The van der Waals surface area contributed by atoms with E-state index < -0.39 is 31.0 Å². The van der Waals surface area contributed by atoms with Crippen molar-refractivity contribution in [3.63, 3.8) is 0 Å². The van der Waals surface area contributed by atoms with Gasteiger partial charge in [0.1, 0.15) is 33.3 Å². The van der Waals surface area contributed by atoms with E-state index in [0.29, 0.717) is 13.0 Å². The lowest BCUT2D eigenvalue weighted by Gasteiger charge is -2.26. The lowest BCUT2D eigenvalue weighted by molar-refractivity contribution is -0.115. The van der Waals surface area contributed by atoms with Gasteiger partial charge in [0.25, 0.3) is 5.91 Å². The Morgan fingerprint density at radius 2 is 1.42 bits per heavy atom. The molecule has 2 unspecified atom stereocenters. The van der Waals surface area contributed by atoms with E-state index in [9.17, 15) is 14.5 Å². The Morgan fingerprint density at radius 1 is 0.855 bits per heavy atom. The minimum Gasteiger partial charge on any atom is -0.431 e. The topological polar surface area (TPSA) is 113 Å². The van der Waals surface area contributed by atoms with Gasteiger partial charge in [0.05, 0.1) is 0 Å². The lowest BCUT2D eigenvalue weighted by Crippen LogP contribution is -2.33. The van der Waals surface area contributed by atoms with Gasteiger partial charge in [0, 0.05) is 43.3 Å². The van der Waals surface area contributed by atoms with E-state index >= 15 is 0 Å². The summed E-state index contributed by atoms with van der Waals surface area (Å²) >= 11 is 5.10. The van der Waals surface area contributed by atoms with Crippen LogP contribution in [-0.2, 0) is 46.5 Å². The van der Waals surface area contributed by atoms with Crippen molar-refractivity contribution < 1.29 is 37.7 Å². The number of hydrogen-bond donors (Lipinski definition) is 2. The van der Waals surface area contributed by atoms with Crippen LogP contribution in [0.2, 0.25) is 0 Å². The van der Waals surface area contributed by atoms with Crippen molar-refractivity contribution in [1.29, 1.82) is 0 Å². The zero-order valence-corrected chi connectivity index (χ0v) is 32.2. The summed E-state index contributed by atoms with van der Waals surface area (Å²) in [5.74, 6) is 49.5. The molecule has 1 heterocycles. The molecule has 1 aromatic rings. The van der Waals surface area contributed by atoms with Crippen LogP contribution in [0, 0.1) is 124 Å². The van der Waals surface area contributed by atoms with Gasteiger partial charge in [0.2, 0.25) is 0 Å². The summed E-state index contributed by atoms with van der Waals surface area (Å²) in [5.41, 5.74) is 0.824. The summed E-state index contributed by atoms with van der Waals surface area (Å²) < 4.78 is 27.3. The third-order valence-electron chi connectivity index (χ3n) is 6.85. The number of unbranched alkanes of at least 4 members (excludes halogenated alkanes) is 2. The Bertz CT molecular complexity index is 2230. The normalized spacial score (nSPS) is 16.5. The summed E-state index contributed by atoms with van der Waals surface area (Å²) in [6.07, 6.45) is 4.73. The predicted octanol–water partition coefficient (Wildman–Crippen LogP) is 2.85. The first-order valence-corrected chi connectivity index (χ1v) is 19.3. The molecule has 1 aliphatic rings. The molecule has 55 heavy (non-hydrogen) atoms. The van der Waals surface area contributed by atoms with E-state index in [-0.39, 0.29) is 25.1 Å². The third kappa shape index (κ3) is 21.9. The molecule has 1 fully saturated rings. The maximum atomic E-state index is 12.2. The molecule has 0 radical (unpaired) electrons. The van der Waals surface area contributed by atoms with E-state index in [2.05, 4.69) is 124 Å². The fourth-order valence-corrected chi connectivity index (χ4v) is 5.35. The van der Waals surface area contributed by atoms with Gasteiger partial charge >= 0.3 is 12.9 Å². The summed E-state index contributed by atoms with van der Waals surface area (Å²) in [4.78, 5) is 34.5. The number of benzene rings is 1. The van der Waals surface area contributed by atoms with Crippen molar-refractivity contribution in [2.45, 2.75) is 57.4 Å². The number of carbonyl (C=O) groups excluding carboxylic acids is 2. The monoisotopic (exact) mass is 767 g/mol. The van der Waals surface area contributed by atoms with Gasteiger partial charge in [-0.1, -0.05) is 48.4 Å². The zero-order valence-electron chi connectivity index (χ0n) is 30.5. The van der Waals surface area contributed by atoms with Crippen LogP contribution in [0.3, 0.4) is 0 Å². The quantitative estimate of drug-likeness (QED) is 0.0738. The fourth-order valence-electron chi connectivity index (χ4n) is 4.36. The second-order valence-electron chi connectivity index (χ2n) is 10.7. The van der Waals surface area contributed by atoms with Crippen molar-refractivity contribution in [1.82, 2.24) is 5.32 Å². The van der Waals surface area contributed by atoms with E-state index in [1.54, 1.807) is 6.92 Å². The van der Waals surface area contributed by atoms with E-state index in [4.69, 9.17) is 35.1 Å². The average Bonchev–Trinajstić information content (AvgIpc) is 3.47. The number of carbonyl (C=O) groups is 2. The molecular weight excluding hydrogens is 732 g/mol. The molecule has 0 bridgehead atoms. The van der Waals surface area contributed by atoms with Crippen molar-refractivity contribution in [2.75, 3.05) is 20.3 Å². The van der Waals surface area contributed by atoms with Crippen LogP contribution >= 0.6 is 6.72 Å². The second kappa shape index (κ2) is 28.4. The maximum absolute atomic E-state index is 12.2. The van der Waals surface area contributed by atoms with Gasteiger partial charge in [-0.25, -0.2) is 4.79 Å². The summed E-state index contributed by atoms with van der Waals surface area (Å²) in [7, 11) is 3.16. The second-order valence-corrected chi connectivity index (χ2v) is 13.6. The van der Waals surface area contributed by atoms with Gasteiger partial charge < -0.3 is 33.5 Å². The van der Waals surface area contributed by atoms with Gasteiger partial charge in [-0.3, -0.25) is 4.79 Å². The van der Waals surface area contributed by atoms with Gasteiger partial charge in [-0.2, -0.15) is 0 Å². The number of rotatable bonds is 14. The largest absolute Gasteiger partial charge is 0.508 e. The first-order valence-electron chi connectivity index (χ1n) is 16.7. The third-order valence-corrected chi connectivity index (χ3v) is 8.53. The molecule has 0 spiro atoms. The molecule has 0 aliphatic carbocycles. The maximum Gasteiger partial charge on any atom is 0.508 e. The number of ether oxygens (including phenoxy) is 3. The predicted molar refractivity (Wildman–Crippen MR) is 216 cm³/mol. The molecule has 1 amide bonds. The van der Waals surface area contributed by atoms with E-state index in [1.165, 1.54) is 7.11 Å².